The molecule has 1 aliphatic carbocycles. The van der Waals surface area contributed by atoms with Gasteiger partial charge in [0, 0.05) is 25.7 Å². The zero-order chi connectivity index (χ0) is 30.8. The number of nitrogens with zero attached hydrogens (tertiary/aromatic N) is 3. The molecule has 0 unspecified atom stereocenters. The van der Waals surface area contributed by atoms with Crippen molar-refractivity contribution in [2.75, 3.05) is 18.9 Å². The van der Waals surface area contributed by atoms with Crippen molar-refractivity contribution in [3.63, 3.8) is 0 Å². The predicted octanol–water partition coefficient (Wildman–Crippen LogP) is 4.11. The van der Waals surface area contributed by atoms with Gasteiger partial charge >= 0.3 is 6.09 Å². The van der Waals surface area contributed by atoms with Crippen LogP contribution in [0.3, 0.4) is 0 Å². The Morgan fingerprint density at radius 3 is 2.47 bits per heavy atom. The van der Waals surface area contributed by atoms with Crippen LogP contribution >= 0.6 is 0 Å². The van der Waals surface area contributed by atoms with Crippen molar-refractivity contribution in [3.05, 3.63) is 65.7 Å². The number of ether oxygens (including phenoxy) is 1. The number of alkyl carbamates (subject to hydrolysis) is 1. The molecule has 3 aliphatic rings. The second-order valence-corrected chi connectivity index (χ2v) is 12.4. The summed E-state index contributed by atoms with van der Waals surface area (Å²) in [5.41, 5.74) is 0.0944. The summed E-state index contributed by atoms with van der Waals surface area (Å²) in [6.45, 7) is 4.07. The lowest BCUT2D eigenvalue weighted by molar-refractivity contribution is -0.149. The molecule has 10 nitrogen and oxygen atoms in total. The Labute approximate surface area is 252 Å². The van der Waals surface area contributed by atoms with Crippen molar-refractivity contribution in [1.82, 2.24) is 15.1 Å². The van der Waals surface area contributed by atoms with Crippen LogP contribution in [0.4, 0.5) is 10.5 Å². The SMILES string of the molecule is CC(C)C[C@@H](C(=O)N1C[C@]2(C[C@H]1C#N)C(=O)Nc1ccccc12)N(C)C(=O)C1(NC(=O)OCc2ccccc2)CCCC1. The first-order chi connectivity index (χ1) is 20.6. The van der Waals surface area contributed by atoms with Gasteiger partial charge in [-0.25, -0.2) is 4.79 Å². The molecule has 3 atom stereocenters. The highest BCUT2D eigenvalue weighted by Gasteiger charge is 2.57. The van der Waals surface area contributed by atoms with E-state index in [9.17, 15) is 24.4 Å². The third kappa shape index (κ3) is 5.68. The van der Waals surface area contributed by atoms with E-state index in [4.69, 9.17) is 4.74 Å². The predicted molar refractivity (Wildman–Crippen MR) is 159 cm³/mol. The summed E-state index contributed by atoms with van der Waals surface area (Å²) in [5, 5.41) is 15.9. The molecule has 43 heavy (non-hydrogen) atoms. The van der Waals surface area contributed by atoms with Crippen LogP contribution in [-0.4, -0.2) is 64.8 Å². The van der Waals surface area contributed by atoms with Crippen LogP contribution in [0.2, 0.25) is 0 Å². The number of carbonyl (C=O) groups excluding carboxylic acids is 4. The van der Waals surface area contributed by atoms with Gasteiger partial charge in [-0.1, -0.05) is 75.2 Å². The zero-order valence-corrected chi connectivity index (χ0v) is 25.0. The highest BCUT2D eigenvalue weighted by molar-refractivity contribution is 6.07. The van der Waals surface area contributed by atoms with Crippen molar-refractivity contribution >= 4 is 29.5 Å². The first-order valence-electron chi connectivity index (χ1n) is 15.0. The number of rotatable bonds is 8. The zero-order valence-electron chi connectivity index (χ0n) is 25.0. The Kier molecular flexibility index (Phi) is 8.45. The van der Waals surface area contributed by atoms with Crippen molar-refractivity contribution in [1.29, 1.82) is 5.26 Å². The van der Waals surface area contributed by atoms with Gasteiger partial charge in [0.05, 0.1) is 11.5 Å². The van der Waals surface area contributed by atoms with E-state index in [0.717, 1.165) is 24.0 Å². The number of carbonyl (C=O) groups is 4. The molecular formula is C33H39N5O5. The highest BCUT2D eigenvalue weighted by Crippen LogP contribution is 2.46. The standard InChI is InChI=1S/C33H39N5O5/c1-22(2)17-27(28(39)38-21-32(18-24(38)19-34)25-13-7-8-14-26(25)35-29(32)40)37(3)30(41)33(15-9-10-16-33)36-31(42)43-20-23-11-5-4-6-12-23/h4-8,11-14,22,24,27H,9-10,15-18,20-21H2,1-3H3,(H,35,40)(H,36,42)/t24-,27-,32-/m0/s1. The van der Waals surface area contributed by atoms with E-state index >= 15 is 0 Å². The number of benzene rings is 2. The molecule has 2 aromatic carbocycles. The van der Waals surface area contributed by atoms with E-state index in [1.54, 1.807) is 7.05 Å². The Bertz CT molecular complexity index is 1430. The van der Waals surface area contributed by atoms with E-state index in [2.05, 4.69) is 16.7 Å². The number of amides is 4. The molecule has 2 aromatic rings. The summed E-state index contributed by atoms with van der Waals surface area (Å²) < 4.78 is 5.45. The first kappa shape index (κ1) is 30.1. The lowest BCUT2D eigenvalue weighted by Crippen LogP contribution is -2.61. The van der Waals surface area contributed by atoms with Crippen LogP contribution in [0.1, 0.15) is 63.5 Å². The number of hydrogen-bond acceptors (Lipinski definition) is 6. The maximum Gasteiger partial charge on any atom is 0.408 e. The van der Waals surface area contributed by atoms with Crippen LogP contribution in [-0.2, 0) is 31.1 Å². The Hall–Kier alpha value is -4.39. The second-order valence-electron chi connectivity index (χ2n) is 12.4. The van der Waals surface area contributed by atoms with Gasteiger partial charge < -0.3 is 25.2 Å². The fourth-order valence-electron chi connectivity index (χ4n) is 6.85. The molecule has 0 aromatic heterocycles. The average molecular weight is 586 g/mol. The number of anilines is 1. The first-order valence-corrected chi connectivity index (χ1v) is 15.0. The topological polar surface area (TPSA) is 132 Å². The number of hydrogen-bond donors (Lipinski definition) is 2. The molecule has 2 aliphatic heterocycles. The molecular weight excluding hydrogens is 546 g/mol. The molecule has 5 rings (SSSR count). The monoisotopic (exact) mass is 585 g/mol. The quantitative estimate of drug-likeness (QED) is 0.479. The van der Waals surface area contributed by atoms with E-state index in [0.29, 0.717) is 24.9 Å². The van der Waals surface area contributed by atoms with Gasteiger partial charge in [0.25, 0.3) is 0 Å². The summed E-state index contributed by atoms with van der Waals surface area (Å²) in [4.78, 5) is 57.6. The molecule has 1 spiro atoms. The van der Waals surface area contributed by atoms with Crippen LogP contribution in [0.15, 0.2) is 54.6 Å². The van der Waals surface area contributed by atoms with Crippen molar-refractivity contribution in [3.8, 4) is 6.07 Å². The van der Waals surface area contributed by atoms with Gasteiger partial charge in [0.2, 0.25) is 17.7 Å². The van der Waals surface area contributed by atoms with Crippen LogP contribution in [0, 0.1) is 17.2 Å². The summed E-state index contributed by atoms with van der Waals surface area (Å²) >= 11 is 0. The Morgan fingerprint density at radius 1 is 1.12 bits per heavy atom. The van der Waals surface area contributed by atoms with Crippen molar-refractivity contribution in [2.24, 2.45) is 5.92 Å². The van der Waals surface area contributed by atoms with Gasteiger partial charge in [0.1, 0.15) is 24.2 Å². The number of likely N-dealkylation sites (N-methyl/N-ethyl adjacent to an activating group) is 1. The molecule has 226 valence electrons. The lowest BCUT2D eigenvalue weighted by Gasteiger charge is -2.38. The van der Waals surface area contributed by atoms with E-state index < -0.39 is 29.1 Å². The molecule has 0 bridgehead atoms. The third-order valence-electron chi connectivity index (χ3n) is 9.10. The van der Waals surface area contributed by atoms with Gasteiger partial charge in [-0.3, -0.25) is 14.4 Å². The van der Waals surface area contributed by atoms with E-state index in [1.165, 1.54) is 9.80 Å². The maximum absolute atomic E-state index is 14.3. The van der Waals surface area contributed by atoms with Crippen molar-refractivity contribution in [2.45, 2.75) is 82.0 Å². The van der Waals surface area contributed by atoms with E-state index in [-0.39, 0.29) is 43.2 Å². The smallest absolute Gasteiger partial charge is 0.408 e. The molecule has 2 N–H and O–H groups in total. The average Bonchev–Trinajstić information content (AvgIpc) is 3.71. The maximum atomic E-state index is 14.3. The third-order valence-corrected chi connectivity index (χ3v) is 9.10. The number of nitrogens with one attached hydrogen (secondary N) is 2. The van der Waals surface area contributed by atoms with Gasteiger partial charge in [0.15, 0.2) is 0 Å². The highest BCUT2D eigenvalue weighted by atomic mass is 16.5. The van der Waals surface area contributed by atoms with E-state index in [1.807, 2.05) is 68.4 Å². The van der Waals surface area contributed by atoms with Crippen molar-refractivity contribution < 1.29 is 23.9 Å². The molecule has 10 heteroatoms. The Balaban J connectivity index is 1.36. The summed E-state index contributed by atoms with van der Waals surface area (Å²) in [6.07, 6.45) is 2.23. The minimum Gasteiger partial charge on any atom is -0.445 e. The minimum atomic E-state index is -1.19. The number of likely N-dealkylation sites (tertiary alicyclic amines) is 1. The number of para-hydroxylation sites is 1. The fourth-order valence-corrected chi connectivity index (χ4v) is 6.85. The molecule has 0 radical (unpaired) electrons. The summed E-state index contributed by atoms with van der Waals surface area (Å²) in [5.74, 6) is -0.894. The minimum absolute atomic E-state index is 0.0543. The number of fused-ring (bicyclic) bond motifs is 2. The molecule has 1 saturated carbocycles. The molecule has 2 fully saturated rings. The van der Waals surface area contributed by atoms with Gasteiger partial charge in [-0.15, -0.1) is 0 Å². The molecule has 1 saturated heterocycles. The second kappa shape index (κ2) is 12.1. The molecule has 2 heterocycles. The summed E-state index contributed by atoms with van der Waals surface area (Å²) in [6, 6.07) is 17.2. The van der Waals surface area contributed by atoms with Gasteiger partial charge in [-0.05, 0) is 42.4 Å². The normalized spacial score (nSPS) is 22.5. The van der Waals surface area contributed by atoms with Gasteiger partial charge in [-0.2, -0.15) is 5.26 Å². The summed E-state index contributed by atoms with van der Waals surface area (Å²) in [7, 11) is 1.59. The van der Waals surface area contributed by atoms with Crippen LogP contribution in [0.25, 0.3) is 0 Å². The fraction of sp³-hybridized carbons (Fsp3) is 0.485. The largest absolute Gasteiger partial charge is 0.445 e. The number of nitriles is 1. The Morgan fingerprint density at radius 2 is 1.79 bits per heavy atom. The van der Waals surface area contributed by atoms with Crippen LogP contribution in [0.5, 0.6) is 0 Å². The molecule has 4 amide bonds. The lowest BCUT2D eigenvalue weighted by atomic mass is 9.80. The van der Waals surface area contributed by atoms with Crippen LogP contribution < -0.4 is 10.6 Å².